The molecule has 112 valence electrons. The number of carbonyl (C=O) groups is 1. The summed E-state index contributed by atoms with van der Waals surface area (Å²) in [5, 5.41) is 5.58. The van der Waals surface area contributed by atoms with E-state index in [4.69, 9.17) is 10.3 Å². The zero-order valence-corrected chi connectivity index (χ0v) is 12.1. The lowest BCUT2D eigenvalue weighted by Crippen LogP contribution is -2.32. The molecule has 7 heteroatoms. The van der Waals surface area contributed by atoms with E-state index in [1.54, 1.807) is 6.07 Å². The number of azide groups is 1. The average Bonchev–Trinajstić information content (AvgIpc) is 2.93. The van der Waals surface area contributed by atoms with Gasteiger partial charge in [-0.05, 0) is 30.5 Å². The van der Waals surface area contributed by atoms with Crippen LogP contribution in [0.5, 0.6) is 0 Å². The Morgan fingerprint density at radius 3 is 3.10 bits per heavy atom. The number of hydrogen-bond acceptors (Lipinski definition) is 5. The molecule has 0 bridgehead atoms. The Bertz CT molecular complexity index is 554. The van der Waals surface area contributed by atoms with E-state index in [1.165, 1.54) is 7.11 Å². The van der Waals surface area contributed by atoms with Crippen LogP contribution < -0.4 is 10.4 Å². The van der Waals surface area contributed by atoms with Crippen molar-refractivity contribution < 1.29 is 9.53 Å². The van der Waals surface area contributed by atoms with E-state index < -0.39 is 0 Å². The Kier molecular flexibility index (Phi) is 5.43. The Hall–Kier alpha value is -2.24. The van der Waals surface area contributed by atoms with Crippen LogP contribution in [0.4, 0.5) is 5.69 Å². The van der Waals surface area contributed by atoms with Gasteiger partial charge in [0.15, 0.2) is 0 Å². The largest absolute Gasteiger partial charge is 0.465 e. The number of methoxy groups -OCH3 is 1. The molecule has 1 aromatic carbocycles. The number of esters is 1. The number of nitrogens with zero attached hydrogens (tertiary/aromatic N) is 4. The first kappa shape index (κ1) is 15.2. The summed E-state index contributed by atoms with van der Waals surface area (Å²) in [5.41, 5.74) is 14.1. The first-order valence-electron chi connectivity index (χ1n) is 7.00. The fourth-order valence-electron chi connectivity index (χ4n) is 2.45. The van der Waals surface area contributed by atoms with E-state index in [-0.39, 0.29) is 5.97 Å². The van der Waals surface area contributed by atoms with Gasteiger partial charge in [0.05, 0.1) is 18.4 Å². The van der Waals surface area contributed by atoms with Crippen molar-refractivity contribution in [3.8, 4) is 0 Å². The molecule has 0 amide bonds. The highest BCUT2D eigenvalue weighted by atomic mass is 16.5. The summed E-state index contributed by atoms with van der Waals surface area (Å²) in [6.45, 7) is 2.04. The quantitative estimate of drug-likeness (QED) is 0.275. The van der Waals surface area contributed by atoms with Crippen molar-refractivity contribution in [1.29, 1.82) is 0 Å². The highest BCUT2D eigenvalue weighted by molar-refractivity contribution is 5.93. The number of rotatable bonds is 7. The molecular weight excluding hydrogens is 270 g/mol. The zero-order chi connectivity index (χ0) is 15.1. The third kappa shape index (κ3) is 3.65. The van der Waals surface area contributed by atoms with Crippen molar-refractivity contribution in [2.45, 2.75) is 25.8 Å². The average molecular weight is 289 g/mol. The standard InChI is InChI=1S/C14H19N5O2/c1-21-14(20)11-6-5-7-13-12(11)10-17-19(13)9-4-2-3-8-16-18-15/h5-7,17H,2-4,8-10H2,1H3. The van der Waals surface area contributed by atoms with Gasteiger partial charge in [-0.25, -0.2) is 10.2 Å². The number of hydrazine groups is 1. The maximum Gasteiger partial charge on any atom is 0.338 e. The number of benzene rings is 1. The van der Waals surface area contributed by atoms with Crippen molar-refractivity contribution in [3.63, 3.8) is 0 Å². The lowest BCUT2D eigenvalue weighted by atomic mass is 10.1. The minimum absolute atomic E-state index is 0.301. The van der Waals surface area contributed by atoms with E-state index in [2.05, 4.69) is 20.5 Å². The van der Waals surface area contributed by atoms with Gasteiger partial charge in [0, 0.05) is 30.1 Å². The number of fused-ring (bicyclic) bond motifs is 1. The van der Waals surface area contributed by atoms with Crippen LogP contribution in [0.25, 0.3) is 10.4 Å². The smallest absolute Gasteiger partial charge is 0.338 e. The van der Waals surface area contributed by atoms with Gasteiger partial charge >= 0.3 is 5.97 Å². The molecule has 0 fully saturated rings. The molecule has 1 heterocycles. The minimum Gasteiger partial charge on any atom is -0.465 e. The predicted octanol–water partition coefficient (Wildman–Crippen LogP) is 2.78. The maximum absolute atomic E-state index is 11.7. The second-order valence-electron chi connectivity index (χ2n) is 4.80. The Morgan fingerprint density at radius 2 is 2.33 bits per heavy atom. The highest BCUT2D eigenvalue weighted by Gasteiger charge is 2.23. The molecule has 0 unspecified atom stereocenters. The first-order valence-corrected chi connectivity index (χ1v) is 7.00. The molecule has 0 radical (unpaired) electrons. The molecule has 0 atom stereocenters. The van der Waals surface area contributed by atoms with E-state index >= 15 is 0 Å². The van der Waals surface area contributed by atoms with Crippen LogP contribution >= 0.6 is 0 Å². The van der Waals surface area contributed by atoms with E-state index in [0.29, 0.717) is 18.7 Å². The van der Waals surface area contributed by atoms with Gasteiger partial charge in [0.2, 0.25) is 0 Å². The van der Waals surface area contributed by atoms with Crippen molar-refractivity contribution in [1.82, 2.24) is 5.43 Å². The lowest BCUT2D eigenvalue weighted by molar-refractivity contribution is 0.0599. The van der Waals surface area contributed by atoms with Crippen LogP contribution in [0.15, 0.2) is 23.3 Å². The van der Waals surface area contributed by atoms with Gasteiger partial charge in [-0.2, -0.15) is 0 Å². The summed E-state index contributed by atoms with van der Waals surface area (Å²) in [7, 11) is 1.39. The molecule has 0 saturated heterocycles. The van der Waals surface area contributed by atoms with E-state index in [1.807, 2.05) is 12.1 Å². The van der Waals surface area contributed by atoms with Crippen molar-refractivity contribution in [3.05, 3.63) is 39.8 Å². The molecule has 0 spiro atoms. The van der Waals surface area contributed by atoms with Crippen LogP contribution in [0.3, 0.4) is 0 Å². The fourth-order valence-corrected chi connectivity index (χ4v) is 2.45. The van der Waals surface area contributed by atoms with Crippen LogP contribution in [0.2, 0.25) is 0 Å². The van der Waals surface area contributed by atoms with Crippen LogP contribution in [-0.4, -0.2) is 26.2 Å². The molecule has 1 aliphatic rings. The molecule has 2 rings (SSSR count). The summed E-state index contributed by atoms with van der Waals surface area (Å²) in [5.74, 6) is -0.301. The minimum atomic E-state index is -0.301. The Balaban J connectivity index is 1.93. The third-order valence-corrected chi connectivity index (χ3v) is 3.50. The summed E-state index contributed by atoms with van der Waals surface area (Å²) in [6.07, 6.45) is 2.89. The summed E-state index contributed by atoms with van der Waals surface area (Å²) in [6, 6.07) is 5.66. The third-order valence-electron chi connectivity index (χ3n) is 3.50. The maximum atomic E-state index is 11.7. The Labute approximate surface area is 123 Å². The second kappa shape index (κ2) is 7.52. The van der Waals surface area contributed by atoms with Crippen LogP contribution in [-0.2, 0) is 11.3 Å². The molecule has 1 N–H and O–H groups in total. The molecule has 0 aliphatic carbocycles. The van der Waals surface area contributed by atoms with Gasteiger partial charge in [-0.1, -0.05) is 17.6 Å². The molecule has 7 nitrogen and oxygen atoms in total. The SMILES string of the molecule is COC(=O)c1cccc2c1CNN2CCCCCN=[N+]=[N-]. The van der Waals surface area contributed by atoms with Gasteiger partial charge in [-0.15, -0.1) is 0 Å². The van der Waals surface area contributed by atoms with Crippen LogP contribution in [0, 0.1) is 0 Å². The van der Waals surface area contributed by atoms with Gasteiger partial charge < -0.3 is 9.75 Å². The predicted molar refractivity (Wildman–Crippen MR) is 79.8 cm³/mol. The normalized spacial score (nSPS) is 12.7. The van der Waals surface area contributed by atoms with Crippen molar-refractivity contribution >= 4 is 11.7 Å². The van der Waals surface area contributed by atoms with Gasteiger partial charge in [0.1, 0.15) is 0 Å². The van der Waals surface area contributed by atoms with Gasteiger partial charge in [-0.3, -0.25) is 0 Å². The number of unbranched alkanes of at least 4 members (excludes halogenated alkanes) is 2. The van der Waals surface area contributed by atoms with Crippen LogP contribution in [0.1, 0.15) is 35.2 Å². The zero-order valence-electron chi connectivity index (χ0n) is 12.1. The summed E-state index contributed by atoms with van der Waals surface area (Å²) >= 11 is 0. The fraction of sp³-hybridized carbons (Fsp3) is 0.500. The van der Waals surface area contributed by atoms with Crippen molar-refractivity contribution in [2.24, 2.45) is 5.11 Å². The lowest BCUT2D eigenvalue weighted by Gasteiger charge is -2.19. The second-order valence-corrected chi connectivity index (χ2v) is 4.80. The topological polar surface area (TPSA) is 90.3 Å². The monoisotopic (exact) mass is 289 g/mol. The first-order chi connectivity index (χ1) is 10.3. The number of anilines is 1. The molecule has 0 aromatic heterocycles. The molecule has 0 saturated carbocycles. The molecular formula is C14H19N5O2. The van der Waals surface area contributed by atoms with E-state index in [0.717, 1.165) is 37.1 Å². The summed E-state index contributed by atoms with van der Waals surface area (Å²) < 4.78 is 4.81. The number of carbonyl (C=O) groups excluding carboxylic acids is 1. The van der Waals surface area contributed by atoms with E-state index in [9.17, 15) is 4.79 Å². The Morgan fingerprint density at radius 1 is 1.48 bits per heavy atom. The number of hydrogen-bond donors (Lipinski definition) is 1. The van der Waals surface area contributed by atoms with Gasteiger partial charge in [0.25, 0.3) is 0 Å². The van der Waals surface area contributed by atoms with Crippen molar-refractivity contribution in [2.75, 3.05) is 25.2 Å². The molecule has 21 heavy (non-hydrogen) atoms. The molecule has 1 aliphatic heterocycles. The number of nitrogens with one attached hydrogen (secondary N) is 1. The summed E-state index contributed by atoms with van der Waals surface area (Å²) in [4.78, 5) is 14.5. The molecule has 1 aromatic rings. The number of ether oxygens (including phenoxy) is 1. The highest BCUT2D eigenvalue weighted by Crippen LogP contribution is 2.28.